The van der Waals surface area contributed by atoms with Gasteiger partial charge in [-0.2, -0.15) is 0 Å². The molecule has 1 heterocycles. The van der Waals surface area contributed by atoms with Crippen molar-refractivity contribution in [3.8, 4) is 0 Å². The van der Waals surface area contributed by atoms with Gasteiger partial charge in [0.1, 0.15) is 0 Å². The van der Waals surface area contributed by atoms with E-state index in [4.69, 9.17) is 23.7 Å². The van der Waals surface area contributed by atoms with Gasteiger partial charge in [0.05, 0.1) is 0 Å². The molecule has 9 nitrogen and oxygen atoms in total. The van der Waals surface area contributed by atoms with E-state index in [2.05, 4.69) is 12.6 Å². The summed E-state index contributed by atoms with van der Waals surface area (Å²) in [5.41, 5.74) is 2.21. The summed E-state index contributed by atoms with van der Waals surface area (Å²) in [5.74, 6) is -2.14. The number of hydrogen-bond donors (Lipinski definition) is 0. The third-order valence-corrected chi connectivity index (χ3v) is 11.6. The van der Waals surface area contributed by atoms with Crippen LogP contribution in [-0.4, -0.2) is 73.8 Å². The molecule has 1 rings (SSSR count). The van der Waals surface area contributed by atoms with E-state index in [-0.39, 0.29) is 0 Å². The topological polar surface area (TPSA) is 114 Å². The maximum absolute atomic E-state index is 11.7. The summed E-state index contributed by atoms with van der Waals surface area (Å²) in [6.07, 6.45) is -4.38. The van der Waals surface area contributed by atoms with Gasteiger partial charge >= 0.3 is 179 Å². The summed E-state index contributed by atoms with van der Waals surface area (Å²) in [4.78, 5) is 46.6. The first-order chi connectivity index (χ1) is 13.5. The zero-order valence-electron chi connectivity index (χ0n) is 17.5. The van der Waals surface area contributed by atoms with Gasteiger partial charge in [-0.15, -0.1) is 0 Å². The molecule has 1 fully saturated rings. The van der Waals surface area contributed by atoms with Crippen LogP contribution in [0.1, 0.15) is 41.0 Å². The predicted molar refractivity (Wildman–Crippen MR) is 106 cm³/mol. The Bertz CT molecular complexity index is 600. The summed E-state index contributed by atoms with van der Waals surface area (Å²) < 4.78 is 27.1. The van der Waals surface area contributed by atoms with Crippen molar-refractivity contribution in [2.75, 3.05) is 5.75 Å². The quantitative estimate of drug-likeness (QED) is 0.266. The average Bonchev–Trinajstić information content (AvgIpc) is 2.57. The molecule has 0 amide bonds. The van der Waals surface area contributed by atoms with Crippen LogP contribution in [0, 0.1) is 0 Å². The maximum atomic E-state index is 11.7. The van der Waals surface area contributed by atoms with Crippen molar-refractivity contribution < 1.29 is 42.9 Å². The molecule has 0 aliphatic carbocycles. The zero-order chi connectivity index (χ0) is 22.1. The van der Waals surface area contributed by atoms with Gasteiger partial charge in [-0.1, -0.05) is 0 Å². The Morgan fingerprint density at radius 2 is 1.31 bits per heavy atom. The van der Waals surface area contributed by atoms with Gasteiger partial charge in [-0.05, 0) is 0 Å². The van der Waals surface area contributed by atoms with Gasteiger partial charge in [-0.3, -0.25) is 0 Å². The summed E-state index contributed by atoms with van der Waals surface area (Å²) in [7, 11) is 1.74. The molecule has 0 aromatic carbocycles. The van der Waals surface area contributed by atoms with Crippen molar-refractivity contribution in [1.82, 2.24) is 0 Å². The van der Waals surface area contributed by atoms with Crippen LogP contribution >= 0.6 is 10.0 Å². The molecular weight excluding hydrogens is 467 g/mol. The molecule has 1 unspecified atom stereocenters. The van der Waals surface area contributed by atoms with Crippen molar-refractivity contribution in [1.29, 1.82) is 0 Å². The summed E-state index contributed by atoms with van der Waals surface area (Å²) in [6.45, 7) is 6.88. The second-order valence-electron chi connectivity index (χ2n) is 6.52. The van der Waals surface area contributed by atoms with E-state index >= 15 is 0 Å². The molecule has 0 saturated carbocycles. The standard InChI is InChI=1S/C18H29AsO9S/c1-7-8-19(6)29-9-14-15(24-10(2)20)16(25-11(3)21)17(26-12(4)22)18(28-14)27-13(5)23/h14-18H,7-9H2,1-6H3/t14-,15-,16+,17-,18-,19?/m1/s1. The summed E-state index contributed by atoms with van der Waals surface area (Å²) in [6, 6.07) is 0. The van der Waals surface area contributed by atoms with Crippen molar-refractivity contribution >= 4 is 47.4 Å². The van der Waals surface area contributed by atoms with Crippen molar-refractivity contribution in [2.24, 2.45) is 0 Å². The number of carbonyl (C=O) groups excluding carboxylic acids is 4. The van der Waals surface area contributed by atoms with Gasteiger partial charge in [0.15, 0.2) is 0 Å². The van der Waals surface area contributed by atoms with Crippen molar-refractivity contribution in [3.05, 3.63) is 0 Å². The Balaban J connectivity index is 3.23. The van der Waals surface area contributed by atoms with Crippen LogP contribution in [0.25, 0.3) is 0 Å². The molecular formula is C18H29AsO9S. The van der Waals surface area contributed by atoms with E-state index in [1.807, 2.05) is 0 Å². The Morgan fingerprint density at radius 1 is 0.828 bits per heavy atom. The van der Waals surface area contributed by atoms with Crippen LogP contribution in [0.15, 0.2) is 0 Å². The summed E-state index contributed by atoms with van der Waals surface area (Å²) in [5, 5.41) is 1.12. The SMILES string of the molecule is CCC[As](C)SC[C@H]1O[C@@H](OC(C)=O)[C@H](OC(C)=O)[C@@H](OC(C)=O)[C@@H]1OC(C)=O. The van der Waals surface area contributed by atoms with Crippen LogP contribution in [-0.2, 0) is 42.9 Å². The molecule has 0 spiro atoms. The number of carbonyl (C=O) groups is 4. The molecule has 0 N–H and O–H groups in total. The fourth-order valence-corrected chi connectivity index (χ4v) is 9.24. The first-order valence-corrected chi connectivity index (χ1v) is 15.7. The van der Waals surface area contributed by atoms with E-state index in [1.165, 1.54) is 20.8 Å². The number of rotatable bonds is 9. The minimum atomic E-state index is -1.29. The molecule has 0 bridgehead atoms. The fourth-order valence-electron chi connectivity index (χ4n) is 2.83. The molecule has 166 valence electrons. The molecule has 1 saturated heterocycles. The van der Waals surface area contributed by atoms with Gasteiger partial charge < -0.3 is 0 Å². The predicted octanol–water partition coefficient (Wildman–Crippen LogP) is 1.83. The normalized spacial score (nSPS) is 27.4. The second kappa shape index (κ2) is 12.4. The molecule has 11 heteroatoms. The van der Waals surface area contributed by atoms with Gasteiger partial charge in [0.2, 0.25) is 0 Å². The number of esters is 4. The van der Waals surface area contributed by atoms with E-state index < -0.39 is 68.1 Å². The first kappa shape index (κ1) is 25.8. The van der Waals surface area contributed by atoms with E-state index in [0.29, 0.717) is 5.75 Å². The van der Waals surface area contributed by atoms with Crippen LogP contribution < -0.4 is 0 Å². The Morgan fingerprint density at radius 3 is 1.79 bits per heavy atom. The van der Waals surface area contributed by atoms with Gasteiger partial charge in [-0.25, -0.2) is 0 Å². The molecule has 29 heavy (non-hydrogen) atoms. The molecule has 1 aliphatic heterocycles. The van der Waals surface area contributed by atoms with Crippen molar-refractivity contribution in [3.63, 3.8) is 0 Å². The van der Waals surface area contributed by atoms with E-state index in [9.17, 15) is 19.2 Å². The Kier molecular flexibility index (Phi) is 11.1. The molecule has 1 aliphatic rings. The molecule has 6 atom stereocenters. The zero-order valence-corrected chi connectivity index (χ0v) is 20.2. The third kappa shape index (κ3) is 8.97. The van der Waals surface area contributed by atoms with Crippen molar-refractivity contribution in [2.45, 2.75) is 82.7 Å². The minimum absolute atomic E-state index is 0.455. The van der Waals surface area contributed by atoms with Crippen LogP contribution in [0.4, 0.5) is 0 Å². The van der Waals surface area contributed by atoms with E-state index in [1.54, 1.807) is 10.0 Å². The first-order valence-electron chi connectivity index (χ1n) is 9.23. The Labute approximate surface area is 178 Å². The number of ether oxygens (including phenoxy) is 5. The van der Waals surface area contributed by atoms with Crippen LogP contribution in [0.3, 0.4) is 0 Å². The van der Waals surface area contributed by atoms with Crippen LogP contribution in [0.2, 0.25) is 10.9 Å². The summed E-state index contributed by atoms with van der Waals surface area (Å²) >= 11 is -1.15. The average molecular weight is 496 g/mol. The third-order valence-electron chi connectivity index (χ3n) is 3.78. The molecule has 0 radical (unpaired) electrons. The Hall–Kier alpha value is -1.25. The van der Waals surface area contributed by atoms with Crippen LogP contribution in [0.5, 0.6) is 0 Å². The molecule has 0 aromatic heterocycles. The molecule has 0 aromatic rings. The fraction of sp³-hybridized carbons (Fsp3) is 0.778. The monoisotopic (exact) mass is 496 g/mol. The second-order valence-corrected chi connectivity index (χ2v) is 15.6. The van der Waals surface area contributed by atoms with Gasteiger partial charge in [0.25, 0.3) is 0 Å². The number of hydrogen-bond acceptors (Lipinski definition) is 10. The van der Waals surface area contributed by atoms with E-state index in [0.717, 1.165) is 18.6 Å². The van der Waals surface area contributed by atoms with Gasteiger partial charge in [0, 0.05) is 0 Å².